The van der Waals surface area contributed by atoms with Crippen LogP contribution in [0.3, 0.4) is 0 Å². The van der Waals surface area contributed by atoms with E-state index in [1.54, 1.807) is 19.2 Å². The Labute approximate surface area is 203 Å². The largest absolute Gasteiger partial charge is 0.496 e. The van der Waals surface area contributed by atoms with Gasteiger partial charge in [-0.3, -0.25) is 4.79 Å². The summed E-state index contributed by atoms with van der Waals surface area (Å²) in [6, 6.07) is 13.9. The number of anilines is 1. The highest BCUT2D eigenvalue weighted by molar-refractivity contribution is 6.13. The van der Waals surface area contributed by atoms with Crippen molar-refractivity contribution >= 4 is 11.6 Å². The van der Waals surface area contributed by atoms with Crippen molar-refractivity contribution in [3.8, 4) is 34.1 Å². The third-order valence-corrected chi connectivity index (χ3v) is 7.19. The Hall–Kier alpha value is -3.74. The monoisotopic (exact) mass is 475 g/mol. The Balaban J connectivity index is 1.61. The summed E-state index contributed by atoms with van der Waals surface area (Å²) < 4.78 is 37.4. The van der Waals surface area contributed by atoms with Crippen molar-refractivity contribution in [2.24, 2.45) is 0 Å². The summed E-state index contributed by atoms with van der Waals surface area (Å²) in [4.78, 5) is 16.2. The third-order valence-electron chi connectivity index (χ3n) is 7.19. The molecule has 0 radical (unpaired) electrons. The van der Waals surface area contributed by atoms with Gasteiger partial charge in [-0.05, 0) is 42.3 Å². The summed E-state index contributed by atoms with van der Waals surface area (Å²) in [5, 5.41) is 0. The maximum atomic E-state index is 14.4. The Morgan fingerprint density at radius 1 is 1.00 bits per heavy atom. The minimum absolute atomic E-state index is 0.0379. The van der Waals surface area contributed by atoms with Crippen LogP contribution in [0.2, 0.25) is 0 Å². The molecule has 1 spiro atoms. The number of benzene rings is 3. The summed E-state index contributed by atoms with van der Waals surface area (Å²) in [6.07, 6.45) is 2.96. The number of rotatable bonds is 6. The van der Waals surface area contributed by atoms with Gasteiger partial charge in [0.05, 0.1) is 7.11 Å². The van der Waals surface area contributed by atoms with Crippen molar-refractivity contribution in [1.29, 1.82) is 0 Å². The Bertz CT molecular complexity index is 1340. The summed E-state index contributed by atoms with van der Waals surface area (Å²) >= 11 is 0. The number of methoxy groups -OCH3 is 1. The topological polar surface area (TPSA) is 57.2 Å². The van der Waals surface area contributed by atoms with Crippen LogP contribution < -0.4 is 23.8 Å². The Kier molecular flexibility index (Phi) is 5.09. The van der Waals surface area contributed by atoms with Crippen molar-refractivity contribution in [2.75, 3.05) is 32.0 Å². The van der Waals surface area contributed by atoms with Crippen LogP contribution in [-0.2, 0) is 10.2 Å². The lowest BCUT2D eigenvalue weighted by atomic mass is 9.74. The lowest BCUT2D eigenvalue weighted by Gasteiger charge is -2.24. The van der Waals surface area contributed by atoms with E-state index in [0.717, 1.165) is 41.6 Å². The van der Waals surface area contributed by atoms with Gasteiger partial charge in [0.15, 0.2) is 11.5 Å². The van der Waals surface area contributed by atoms with Crippen LogP contribution in [-0.4, -0.2) is 33.0 Å². The average Bonchev–Trinajstić information content (AvgIpc) is 3.55. The predicted octanol–water partition coefficient (Wildman–Crippen LogP) is 5.45. The molecule has 180 valence electrons. The minimum Gasteiger partial charge on any atom is -0.496 e. The van der Waals surface area contributed by atoms with E-state index < -0.39 is 5.41 Å². The molecule has 3 aliphatic heterocycles. The van der Waals surface area contributed by atoms with E-state index in [2.05, 4.69) is 6.92 Å². The maximum absolute atomic E-state index is 14.4. The quantitative estimate of drug-likeness (QED) is 0.444. The van der Waals surface area contributed by atoms with Crippen LogP contribution in [0.5, 0.6) is 23.0 Å². The molecule has 1 amide bonds. The van der Waals surface area contributed by atoms with Gasteiger partial charge in [-0.15, -0.1) is 0 Å². The molecule has 0 aromatic heterocycles. The molecule has 0 fully saturated rings. The van der Waals surface area contributed by atoms with Crippen LogP contribution in [0.25, 0.3) is 11.1 Å². The number of amides is 1. The van der Waals surface area contributed by atoms with Crippen LogP contribution in [0.1, 0.15) is 37.3 Å². The highest BCUT2D eigenvalue weighted by Gasteiger charge is 2.58. The van der Waals surface area contributed by atoms with E-state index in [1.165, 1.54) is 12.1 Å². The number of carbonyl (C=O) groups excluding carboxylic acids is 1. The molecule has 0 saturated heterocycles. The van der Waals surface area contributed by atoms with Crippen molar-refractivity contribution in [1.82, 2.24) is 0 Å². The van der Waals surface area contributed by atoms with Gasteiger partial charge in [0.25, 0.3) is 0 Å². The molecule has 3 aliphatic rings. The van der Waals surface area contributed by atoms with E-state index >= 15 is 0 Å². The van der Waals surface area contributed by atoms with Crippen LogP contribution in [0, 0.1) is 5.82 Å². The fraction of sp³-hybridized carbons (Fsp3) is 0.321. The van der Waals surface area contributed by atoms with Gasteiger partial charge in [-0.1, -0.05) is 31.9 Å². The van der Waals surface area contributed by atoms with E-state index in [0.29, 0.717) is 35.1 Å². The zero-order chi connectivity index (χ0) is 24.2. The second-order valence-corrected chi connectivity index (χ2v) is 9.10. The van der Waals surface area contributed by atoms with Crippen molar-refractivity contribution < 1.29 is 28.1 Å². The number of fused-ring (bicyclic) bond motifs is 5. The molecular weight excluding hydrogens is 449 g/mol. The first-order chi connectivity index (χ1) is 17.1. The van der Waals surface area contributed by atoms with Gasteiger partial charge in [0.2, 0.25) is 12.7 Å². The van der Waals surface area contributed by atoms with Gasteiger partial charge in [0.1, 0.15) is 29.3 Å². The van der Waals surface area contributed by atoms with E-state index in [9.17, 15) is 9.18 Å². The molecule has 3 aromatic carbocycles. The second-order valence-electron chi connectivity index (χ2n) is 9.10. The zero-order valence-electron chi connectivity index (χ0n) is 19.7. The van der Waals surface area contributed by atoms with Gasteiger partial charge in [0, 0.05) is 35.0 Å². The molecule has 0 aliphatic carbocycles. The van der Waals surface area contributed by atoms with Gasteiger partial charge >= 0.3 is 0 Å². The normalized spacial score (nSPS) is 19.2. The van der Waals surface area contributed by atoms with Crippen LogP contribution >= 0.6 is 0 Å². The number of halogens is 1. The molecule has 6 nitrogen and oxygen atoms in total. The van der Waals surface area contributed by atoms with E-state index in [-0.39, 0.29) is 25.1 Å². The first kappa shape index (κ1) is 21.8. The Morgan fingerprint density at radius 3 is 2.63 bits per heavy atom. The fourth-order valence-corrected chi connectivity index (χ4v) is 5.54. The van der Waals surface area contributed by atoms with Crippen molar-refractivity contribution in [3.63, 3.8) is 0 Å². The molecule has 3 aromatic rings. The van der Waals surface area contributed by atoms with E-state index in [4.69, 9.17) is 18.9 Å². The number of hydrogen-bond donors (Lipinski definition) is 0. The van der Waals surface area contributed by atoms with Crippen LogP contribution in [0.4, 0.5) is 10.1 Å². The van der Waals surface area contributed by atoms with Crippen molar-refractivity contribution in [2.45, 2.75) is 31.6 Å². The predicted molar refractivity (Wildman–Crippen MR) is 129 cm³/mol. The summed E-state index contributed by atoms with van der Waals surface area (Å²) in [5.74, 6) is 1.92. The summed E-state index contributed by atoms with van der Waals surface area (Å²) in [7, 11) is 1.56. The number of nitrogens with zero attached hydrogens (tertiary/aromatic N) is 1. The molecule has 3 heterocycles. The third kappa shape index (κ3) is 3.10. The lowest BCUT2D eigenvalue weighted by molar-refractivity contribution is -0.122. The van der Waals surface area contributed by atoms with Gasteiger partial charge < -0.3 is 23.8 Å². The van der Waals surface area contributed by atoms with Gasteiger partial charge in [-0.2, -0.15) is 0 Å². The average molecular weight is 476 g/mol. The fourth-order valence-electron chi connectivity index (χ4n) is 5.54. The van der Waals surface area contributed by atoms with Gasteiger partial charge in [-0.25, -0.2) is 4.39 Å². The molecule has 6 rings (SSSR count). The molecule has 35 heavy (non-hydrogen) atoms. The molecule has 0 bridgehead atoms. The first-order valence-electron chi connectivity index (χ1n) is 11.9. The molecule has 1 unspecified atom stereocenters. The molecule has 1 atom stereocenters. The van der Waals surface area contributed by atoms with E-state index in [1.807, 2.05) is 29.2 Å². The lowest BCUT2D eigenvalue weighted by Crippen LogP contribution is -2.43. The standard InChI is InChI=1S/C28H26FNO5/c1-3-4-5-11-30-21-8-6-7-18(19-12-17(29)9-10-22(19)32-2)26(21)28(27(30)31)15-33-23-14-25-24(13-20(23)28)34-16-35-25/h6-10,12-14H,3-5,11,15-16H2,1-2H3. The second kappa shape index (κ2) is 8.18. The van der Waals surface area contributed by atoms with Crippen LogP contribution in [0.15, 0.2) is 48.5 Å². The summed E-state index contributed by atoms with van der Waals surface area (Å²) in [5.41, 5.74) is 2.65. The maximum Gasteiger partial charge on any atom is 0.245 e. The first-order valence-corrected chi connectivity index (χ1v) is 11.9. The SMILES string of the molecule is CCCCCN1C(=O)C2(COc3cc4c(cc32)OCO4)c2c(-c3cc(F)ccc3OC)cccc21. The number of ether oxygens (including phenoxy) is 4. The number of unbranched alkanes of at least 4 members (excludes halogenated alkanes) is 2. The number of carbonyl (C=O) groups is 1. The molecule has 7 heteroatoms. The number of hydrogen-bond acceptors (Lipinski definition) is 5. The van der Waals surface area contributed by atoms with Crippen molar-refractivity contribution in [3.05, 3.63) is 65.5 Å². The molecule has 0 saturated carbocycles. The smallest absolute Gasteiger partial charge is 0.245 e. The molecular formula is C28H26FNO5. The molecule has 0 N–H and O–H groups in total. The zero-order valence-corrected chi connectivity index (χ0v) is 19.7. The minimum atomic E-state index is -1.08. The summed E-state index contributed by atoms with van der Waals surface area (Å²) in [6.45, 7) is 3.02. The highest BCUT2D eigenvalue weighted by Crippen LogP contribution is 2.57. The Morgan fingerprint density at radius 2 is 1.83 bits per heavy atom. The highest BCUT2D eigenvalue weighted by atomic mass is 19.1.